The highest BCUT2D eigenvalue weighted by atomic mass is 16.4. The molecule has 4 unspecified atom stereocenters. The molecule has 34 heavy (non-hydrogen) atoms. The van der Waals surface area contributed by atoms with Crippen molar-refractivity contribution in [3.8, 4) is 0 Å². The second-order valence-corrected chi connectivity index (χ2v) is 9.54. The first-order valence-electron chi connectivity index (χ1n) is 11.6. The molecule has 10 N–H and O–H groups in total. The van der Waals surface area contributed by atoms with E-state index in [1.807, 2.05) is 13.8 Å². The largest absolute Gasteiger partial charge is 0.480 e. The van der Waals surface area contributed by atoms with Crippen LogP contribution >= 0.6 is 0 Å². The maximum absolute atomic E-state index is 13.0. The number of carboxylic acid groups (broad SMARTS) is 1. The average Bonchev–Trinajstić information content (AvgIpc) is 2.71. The van der Waals surface area contributed by atoms with Crippen LogP contribution in [0.4, 0.5) is 0 Å². The van der Waals surface area contributed by atoms with Crippen molar-refractivity contribution in [2.45, 2.75) is 85.0 Å². The quantitative estimate of drug-likeness (QED) is 0.0888. The molecule has 3 amide bonds. The van der Waals surface area contributed by atoms with Gasteiger partial charge in [0.2, 0.25) is 17.7 Å². The van der Waals surface area contributed by atoms with Crippen LogP contribution in [0.25, 0.3) is 0 Å². The molecule has 0 spiro atoms. The Hall–Kier alpha value is -2.89. The minimum absolute atomic E-state index is 0.0296. The van der Waals surface area contributed by atoms with Gasteiger partial charge in [-0.15, -0.1) is 0 Å². The molecule has 0 aliphatic rings. The summed E-state index contributed by atoms with van der Waals surface area (Å²) in [6.45, 7) is 11.0. The summed E-state index contributed by atoms with van der Waals surface area (Å²) < 4.78 is 0. The molecule has 0 radical (unpaired) electrons. The summed E-state index contributed by atoms with van der Waals surface area (Å²) in [4.78, 5) is 53.8. The summed E-state index contributed by atoms with van der Waals surface area (Å²) in [5, 5.41) is 17.3. The standard InChI is InChI=1S/C22H43N7O5/c1-11(2)10-15(21(33)34)28-18(30)14(8-7-9-26-22(24)25)27-20(32)17(13(5)6)29-19(31)16(23)12(3)4/h11-17H,7-10,23H2,1-6H3,(H,27,32)(H,28,30)(H,29,31)(H,33,34)(H4,24,25,26). The maximum Gasteiger partial charge on any atom is 0.326 e. The van der Waals surface area contributed by atoms with Crippen LogP contribution in [-0.2, 0) is 19.2 Å². The van der Waals surface area contributed by atoms with Crippen LogP contribution in [0, 0.1) is 17.8 Å². The zero-order valence-corrected chi connectivity index (χ0v) is 21.1. The van der Waals surface area contributed by atoms with Crippen LogP contribution < -0.4 is 33.2 Å². The molecule has 0 bridgehead atoms. The predicted molar refractivity (Wildman–Crippen MR) is 130 cm³/mol. The first kappa shape index (κ1) is 31.1. The molecule has 0 aliphatic carbocycles. The Morgan fingerprint density at radius 1 is 0.824 bits per heavy atom. The number of nitrogens with one attached hydrogen (secondary N) is 3. The van der Waals surface area contributed by atoms with E-state index in [2.05, 4.69) is 20.9 Å². The fraction of sp³-hybridized carbons (Fsp3) is 0.773. The van der Waals surface area contributed by atoms with Crippen molar-refractivity contribution in [2.24, 2.45) is 39.9 Å². The highest BCUT2D eigenvalue weighted by Gasteiger charge is 2.32. The molecule has 196 valence electrons. The second-order valence-electron chi connectivity index (χ2n) is 9.54. The molecule has 0 aromatic carbocycles. The lowest BCUT2D eigenvalue weighted by Crippen LogP contribution is -2.58. The van der Waals surface area contributed by atoms with Gasteiger partial charge in [-0.3, -0.25) is 19.4 Å². The summed E-state index contributed by atoms with van der Waals surface area (Å²) in [6.07, 6.45) is 0.745. The normalized spacial score (nSPS) is 14.8. The number of carboxylic acids is 1. The number of carbonyl (C=O) groups is 4. The Morgan fingerprint density at radius 2 is 1.38 bits per heavy atom. The van der Waals surface area contributed by atoms with Gasteiger partial charge < -0.3 is 38.3 Å². The monoisotopic (exact) mass is 485 g/mol. The number of amides is 3. The van der Waals surface area contributed by atoms with Crippen molar-refractivity contribution in [3.63, 3.8) is 0 Å². The Bertz CT molecular complexity index is 720. The van der Waals surface area contributed by atoms with Crippen molar-refractivity contribution in [2.75, 3.05) is 6.54 Å². The van der Waals surface area contributed by atoms with Gasteiger partial charge in [-0.25, -0.2) is 4.79 Å². The van der Waals surface area contributed by atoms with E-state index in [0.717, 1.165) is 0 Å². The Labute approximate surface area is 201 Å². The van der Waals surface area contributed by atoms with Crippen LogP contribution in [0.1, 0.15) is 60.8 Å². The number of hydrogen-bond donors (Lipinski definition) is 7. The van der Waals surface area contributed by atoms with Crippen molar-refractivity contribution in [3.05, 3.63) is 0 Å². The summed E-state index contributed by atoms with van der Waals surface area (Å²) in [5.41, 5.74) is 16.5. The lowest BCUT2D eigenvalue weighted by Gasteiger charge is -2.27. The third kappa shape index (κ3) is 11.8. The fourth-order valence-corrected chi connectivity index (χ4v) is 3.09. The van der Waals surface area contributed by atoms with E-state index in [1.165, 1.54) is 0 Å². The molecule has 0 heterocycles. The highest BCUT2D eigenvalue weighted by Crippen LogP contribution is 2.09. The summed E-state index contributed by atoms with van der Waals surface area (Å²) >= 11 is 0. The van der Waals surface area contributed by atoms with Gasteiger partial charge in [0, 0.05) is 6.54 Å². The van der Waals surface area contributed by atoms with Gasteiger partial charge in [-0.1, -0.05) is 41.5 Å². The molecule has 0 aromatic heterocycles. The molecule has 0 saturated heterocycles. The summed E-state index contributed by atoms with van der Waals surface area (Å²) in [6, 6.07) is -3.88. The molecule has 0 rings (SSSR count). The van der Waals surface area contributed by atoms with Gasteiger partial charge in [-0.2, -0.15) is 0 Å². The lowest BCUT2D eigenvalue weighted by molar-refractivity contribution is -0.143. The number of aliphatic carboxylic acids is 1. The molecule has 4 atom stereocenters. The van der Waals surface area contributed by atoms with Gasteiger partial charge in [-0.05, 0) is 37.0 Å². The molecular weight excluding hydrogens is 442 g/mol. The third-order valence-corrected chi connectivity index (χ3v) is 5.17. The van der Waals surface area contributed by atoms with Crippen molar-refractivity contribution < 1.29 is 24.3 Å². The summed E-state index contributed by atoms with van der Waals surface area (Å²) in [5.74, 6) is -3.34. The lowest BCUT2D eigenvalue weighted by atomic mass is 9.99. The topological polar surface area (TPSA) is 215 Å². The molecule has 0 saturated carbocycles. The number of guanidine groups is 1. The molecular formula is C22H43N7O5. The minimum atomic E-state index is -1.16. The number of rotatable bonds is 15. The fourth-order valence-electron chi connectivity index (χ4n) is 3.09. The van der Waals surface area contributed by atoms with Crippen molar-refractivity contribution >= 4 is 29.7 Å². The zero-order chi connectivity index (χ0) is 26.6. The minimum Gasteiger partial charge on any atom is -0.480 e. The molecule has 0 aliphatic heterocycles. The van der Waals surface area contributed by atoms with Gasteiger partial charge in [0.15, 0.2) is 5.96 Å². The second kappa shape index (κ2) is 15.1. The Kier molecular flexibility index (Phi) is 13.8. The third-order valence-electron chi connectivity index (χ3n) is 5.17. The molecule has 0 fully saturated rings. The van der Waals surface area contributed by atoms with Gasteiger partial charge >= 0.3 is 5.97 Å². The van der Waals surface area contributed by atoms with Crippen molar-refractivity contribution in [1.29, 1.82) is 0 Å². The SMILES string of the molecule is CC(C)CC(NC(=O)C(CCCN=C(N)N)NC(=O)C(NC(=O)C(N)C(C)C)C(C)C)C(=O)O. The van der Waals surface area contributed by atoms with E-state index in [0.29, 0.717) is 6.42 Å². The van der Waals surface area contributed by atoms with Crippen LogP contribution in [-0.4, -0.2) is 65.5 Å². The van der Waals surface area contributed by atoms with E-state index < -0.39 is 47.9 Å². The number of nitrogens with two attached hydrogens (primary N) is 3. The van der Waals surface area contributed by atoms with Crippen LogP contribution in [0.5, 0.6) is 0 Å². The molecule has 0 aromatic rings. The molecule has 12 heteroatoms. The number of aliphatic imine (C=N–C) groups is 1. The Balaban J connectivity index is 5.58. The van der Waals surface area contributed by atoms with Crippen LogP contribution in [0.2, 0.25) is 0 Å². The molecule has 12 nitrogen and oxygen atoms in total. The van der Waals surface area contributed by atoms with E-state index in [1.54, 1.807) is 27.7 Å². The first-order chi connectivity index (χ1) is 15.7. The summed E-state index contributed by atoms with van der Waals surface area (Å²) in [7, 11) is 0. The first-order valence-corrected chi connectivity index (χ1v) is 11.6. The van der Waals surface area contributed by atoms with Gasteiger partial charge in [0.05, 0.1) is 6.04 Å². The number of hydrogen-bond acceptors (Lipinski definition) is 6. The predicted octanol–water partition coefficient (Wildman–Crippen LogP) is -0.736. The Morgan fingerprint density at radius 3 is 1.82 bits per heavy atom. The maximum atomic E-state index is 13.0. The van der Waals surface area contributed by atoms with Crippen LogP contribution in [0.15, 0.2) is 4.99 Å². The average molecular weight is 486 g/mol. The van der Waals surface area contributed by atoms with Gasteiger partial charge in [0.1, 0.15) is 18.1 Å². The van der Waals surface area contributed by atoms with E-state index in [9.17, 15) is 24.3 Å². The highest BCUT2D eigenvalue weighted by molar-refractivity contribution is 5.94. The van der Waals surface area contributed by atoms with Gasteiger partial charge in [0.25, 0.3) is 0 Å². The van der Waals surface area contributed by atoms with E-state index in [-0.39, 0.29) is 43.1 Å². The van der Waals surface area contributed by atoms with E-state index in [4.69, 9.17) is 17.2 Å². The zero-order valence-electron chi connectivity index (χ0n) is 21.1. The van der Waals surface area contributed by atoms with E-state index >= 15 is 0 Å². The van der Waals surface area contributed by atoms with Crippen molar-refractivity contribution in [1.82, 2.24) is 16.0 Å². The smallest absolute Gasteiger partial charge is 0.326 e. The number of nitrogens with zero attached hydrogens (tertiary/aromatic N) is 1. The van der Waals surface area contributed by atoms with Crippen LogP contribution in [0.3, 0.4) is 0 Å². The number of carbonyl (C=O) groups excluding carboxylic acids is 3.